The van der Waals surface area contributed by atoms with Crippen LogP contribution in [0.5, 0.6) is 0 Å². The van der Waals surface area contributed by atoms with Crippen molar-refractivity contribution in [3.63, 3.8) is 0 Å². The van der Waals surface area contributed by atoms with Crippen molar-refractivity contribution in [2.75, 3.05) is 18.0 Å². The van der Waals surface area contributed by atoms with Crippen LogP contribution < -0.4 is 10.2 Å². The van der Waals surface area contributed by atoms with Gasteiger partial charge in [-0.05, 0) is 60.9 Å². The van der Waals surface area contributed by atoms with Crippen LogP contribution in [0.1, 0.15) is 49.7 Å². The van der Waals surface area contributed by atoms with Crippen LogP contribution in [-0.2, 0) is 4.79 Å². The van der Waals surface area contributed by atoms with E-state index in [4.69, 9.17) is 0 Å². The molecule has 134 valence electrons. The molecule has 1 saturated heterocycles. The zero-order chi connectivity index (χ0) is 17.9. The Morgan fingerprint density at radius 2 is 1.62 bits per heavy atom. The second-order valence-electron chi connectivity index (χ2n) is 7.37. The summed E-state index contributed by atoms with van der Waals surface area (Å²) in [5, 5.41) is 2.96. The molecule has 0 bridgehead atoms. The van der Waals surface area contributed by atoms with E-state index in [1.54, 1.807) is 0 Å². The fourth-order valence-electron chi connectivity index (χ4n) is 4.20. The molecule has 0 radical (unpaired) electrons. The third-order valence-electron chi connectivity index (χ3n) is 5.73. The van der Waals surface area contributed by atoms with Gasteiger partial charge in [0.05, 0.1) is 0 Å². The van der Waals surface area contributed by atoms with Crippen LogP contribution in [-0.4, -0.2) is 19.0 Å². The first kappa shape index (κ1) is 16.9. The number of nitrogens with one attached hydrogen (secondary N) is 1. The molecular formula is C23H26N2O. The number of hydrogen-bond donors (Lipinski definition) is 1. The number of allylic oxidation sites excluding steroid dienone is 2. The molecule has 2 heterocycles. The number of benzene rings is 2. The van der Waals surface area contributed by atoms with Crippen molar-refractivity contribution in [2.24, 2.45) is 0 Å². The maximum atomic E-state index is 11.5. The lowest BCUT2D eigenvalue weighted by Gasteiger charge is -2.34. The summed E-state index contributed by atoms with van der Waals surface area (Å²) in [6, 6.07) is 19.8. The highest BCUT2D eigenvalue weighted by Gasteiger charge is 2.21. The van der Waals surface area contributed by atoms with Crippen molar-refractivity contribution in [2.45, 2.75) is 38.5 Å². The summed E-state index contributed by atoms with van der Waals surface area (Å²) < 4.78 is 0. The van der Waals surface area contributed by atoms with Gasteiger partial charge >= 0.3 is 0 Å². The molecule has 26 heavy (non-hydrogen) atoms. The van der Waals surface area contributed by atoms with Crippen molar-refractivity contribution < 1.29 is 4.79 Å². The molecule has 2 aliphatic heterocycles. The van der Waals surface area contributed by atoms with Crippen molar-refractivity contribution >= 4 is 17.2 Å². The first-order chi connectivity index (χ1) is 12.7. The average molecular weight is 346 g/mol. The number of piperidine rings is 1. The molecular weight excluding hydrogens is 320 g/mol. The standard InChI is InChI=1S/C23H26N2O/c1-17-22(11-12-23(26)24-17)20-7-9-21(10-8-20)25-15-13-19(14-16-25)18-5-3-2-4-6-18/h2-10,19H,11-16H2,1H3,(H,24,26). The lowest BCUT2D eigenvalue weighted by molar-refractivity contribution is -0.120. The van der Waals surface area contributed by atoms with Gasteiger partial charge in [0, 0.05) is 30.9 Å². The molecule has 0 aromatic heterocycles. The lowest BCUT2D eigenvalue weighted by atomic mass is 9.89. The zero-order valence-corrected chi connectivity index (χ0v) is 15.4. The summed E-state index contributed by atoms with van der Waals surface area (Å²) in [6.07, 6.45) is 3.84. The number of carbonyl (C=O) groups excluding carboxylic acids is 1. The number of hydrogen-bond acceptors (Lipinski definition) is 2. The van der Waals surface area contributed by atoms with Gasteiger partial charge in [0.1, 0.15) is 0 Å². The van der Waals surface area contributed by atoms with Gasteiger partial charge in [0.2, 0.25) is 5.91 Å². The van der Waals surface area contributed by atoms with E-state index in [2.05, 4.69) is 64.8 Å². The van der Waals surface area contributed by atoms with Crippen LogP contribution in [0, 0.1) is 0 Å². The Labute approximate surface area is 155 Å². The number of amides is 1. The first-order valence-corrected chi connectivity index (χ1v) is 9.60. The molecule has 2 aliphatic rings. The summed E-state index contributed by atoms with van der Waals surface area (Å²) in [7, 11) is 0. The van der Waals surface area contributed by atoms with Gasteiger partial charge in [0.25, 0.3) is 0 Å². The Balaban J connectivity index is 1.42. The highest BCUT2D eigenvalue weighted by molar-refractivity contribution is 5.86. The maximum absolute atomic E-state index is 11.5. The summed E-state index contributed by atoms with van der Waals surface area (Å²) in [5.74, 6) is 0.814. The van der Waals surface area contributed by atoms with E-state index in [-0.39, 0.29) is 5.91 Å². The number of anilines is 1. The van der Waals surface area contributed by atoms with Crippen LogP contribution >= 0.6 is 0 Å². The van der Waals surface area contributed by atoms with Crippen molar-refractivity contribution in [1.82, 2.24) is 5.32 Å². The van der Waals surface area contributed by atoms with Gasteiger partial charge < -0.3 is 10.2 Å². The Morgan fingerprint density at radius 3 is 2.27 bits per heavy atom. The van der Waals surface area contributed by atoms with E-state index in [9.17, 15) is 4.79 Å². The number of rotatable bonds is 3. The minimum Gasteiger partial charge on any atom is -0.371 e. The molecule has 0 unspecified atom stereocenters. The smallest absolute Gasteiger partial charge is 0.224 e. The van der Waals surface area contributed by atoms with Crippen LogP contribution in [0.3, 0.4) is 0 Å². The highest BCUT2D eigenvalue weighted by Crippen LogP contribution is 2.32. The van der Waals surface area contributed by atoms with Crippen LogP contribution in [0.4, 0.5) is 5.69 Å². The highest BCUT2D eigenvalue weighted by atomic mass is 16.1. The van der Waals surface area contributed by atoms with Crippen LogP contribution in [0.15, 0.2) is 60.3 Å². The number of nitrogens with zero attached hydrogens (tertiary/aromatic N) is 1. The number of carbonyl (C=O) groups is 1. The van der Waals surface area contributed by atoms with E-state index in [0.717, 1.165) is 25.2 Å². The Morgan fingerprint density at radius 1 is 0.923 bits per heavy atom. The van der Waals surface area contributed by atoms with Gasteiger partial charge in [0.15, 0.2) is 0 Å². The molecule has 2 aromatic rings. The Bertz CT molecular complexity index is 800. The van der Waals surface area contributed by atoms with Gasteiger partial charge in [-0.15, -0.1) is 0 Å². The topological polar surface area (TPSA) is 32.3 Å². The molecule has 3 nitrogen and oxygen atoms in total. The molecule has 1 amide bonds. The molecule has 0 aliphatic carbocycles. The second kappa shape index (κ2) is 7.36. The SMILES string of the molecule is CC1=C(c2ccc(N3CCC(c4ccccc4)CC3)cc2)CCC(=O)N1. The average Bonchev–Trinajstić information content (AvgIpc) is 2.69. The van der Waals surface area contributed by atoms with Gasteiger partial charge in [-0.3, -0.25) is 4.79 Å². The van der Waals surface area contributed by atoms with E-state index in [0.29, 0.717) is 12.3 Å². The van der Waals surface area contributed by atoms with E-state index < -0.39 is 0 Å². The quantitative estimate of drug-likeness (QED) is 0.873. The fraction of sp³-hybridized carbons (Fsp3) is 0.348. The van der Waals surface area contributed by atoms with E-state index in [1.807, 2.05) is 6.92 Å². The normalized spacial score (nSPS) is 18.8. The second-order valence-corrected chi connectivity index (χ2v) is 7.37. The Kier molecular flexibility index (Phi) is 4.79. The van der Waals surface area contributed by atoms with Crippen LogP contribution in [0.25, 0.3) is 5.57 Å². The molecule has 0 saturated carbocycles. The summed E-state index contributed by atoms with van der Waals surface area (Å²) in [6.45, 7) is 4.21. The molecule has 0 spiro atoms. The third-order valence-corrected chi connectivity index (χ3v) is 5.73. The minimum atomic E-state index is 0.129. The van der Waals surface area contributed by atoms with Gasteiger partial charge in [-0.25, -0.2) is 0 Å². The Hall–Kier alpha value is -2.55. The lowest BCUT2D eigenvalue weighted by Crippen LogP contribution is -2.32. The molecule has 0 atom stereocenters. The maximum Gasteiger partial charge on any atom is 0.224 e. The van der Waals surface area contributed by atoms with E-state index in [1.165, 1.54) is 35.2 Å². The fourth-order valence-corrected chi connectivity index (χ4v) is 4.20. The van der Waals surface area contributed by atoms with Crippen molar-refractivity contribution in [3.8, 4) is 0 Å². The predicted molar refractivity (Wildman–Crippen MR) is 107 cm³/mol. The van der Waals surface area contributed by atoms with Gasteiger partial charge in [-0.1, -0.05) is 42.5 Å². The van der Waals surface area contributed by atoms with Crippen LogP contribution in [0.2, 0.25) is 0 Å². The first-order valence-electron chi connectivity index (χ1n) is 9.60. The zero-order valence-electron chi connectivity index (χ0n) is 15.4. The summed E-state index contributed by atoms with van der Waals surface area (Å²) in [4.78, 5) is 14.0. The van der Waals surface area contributed by atoms with E-state index >= 15 is 0 Å². The molecule has 2 aromatic carbocycles. The largest absolute Gasteiger partial charge is 0.371 e. The monoisotopic (exact) mass is 346 g/mol. The molecule has 4 rings (SSSR count). The summed E-state index contributed by atoms with van der Waals surface area (Å²) in [5.41, 5.74) is 6.27. The van der Waals surface area contributed by atoms with Crippen molar-refractivity contribution in [1.29, 1.82) is 0 Å². The minimum absolute atomic E-state index is 0.129. The molecule has 3 heteroatoms. The predicted octanol–water partition coefficient (Wildman–Crippen LogP) is 4.71. The molecule has 1 fully saturated rings. The van der Waals surface area contributed by atoms with Crippen molar-refractivity contribution in [3.05, 3.63) is 71.4 Å². The summed E-state index contributed by atoms with van der Waals surface area (Å²) >= 11 is 0. The van der Waals surface area contributed by atoms with Gasteiger partial charge in [-0.2, -0.15) is 0 Å². The molecule has 1 N–H and O–H groups in total. The third kappa shape index (κ3) is 3.52.